The Kier molecular flexibility index (Phi) is 2.43. The number of aliphatic hydroxyl groups excluding tert-OH is 1. The molecule has 62 valence electrons. The summed E-state index contributed by atoms with van der Waals surface area (Å²) in [6, 6.07) is -0.698. The summed E-state index contributed by atoms with van der Waals surface area (Å²) in [5.74, 6) is 0. The fourth-order valence-electron chi connectivity index (χ4n) is 1.07. The first-order valence-electron chi connectivity index (χ1n) is 3.50. The van der Waals surface area contributed by atoms with Crippen LogP contribution >= 0.6 is 0 Å². The van der Waals surface area contributed by atoms with Gasteiger partial charge >= 0.3 is 6.03 Å². The number of primary amides is 1. The number of hydrogen-bond acceptors (Lipinski definition) is 3. The summed E-state index contributed by atoms with van der Waals surface area (Å²) in [7, 11) is 0. The first-order chi connectivity index (χ1) is 5.20. The van der Waals surface area contributed by atoms with Crippen molar-refractivity contribution in [3.63, 3.8) is 0 Å². The van der Waals surface area contributed by atoms with E-state index in [2.05, 4.69) is 10.5 Å². The monoisotopic (exact) mass is 157 g/mol. The molecule has 1 rings (SSSR count). The summed E-state index contributed by atoms with van der Waals surface area (Å²) in [5.41, 5.74) is 7.48. The number of nitrogens with two attached hydrogens (primary N) is 1. The Balaban J connectivity index is 2.45. The van der Waals surface area contributed by atoms with Crippen molar-refractivity contribution in [3.8, 4) is 0 Å². The lowest BCUT2D eigenvalue weighted by atomic mass is 10.3. The van der Waals surface area contributed by atoms with Crippen LogP contribution in [0.3, 0.4) is 0 Å². The Hall–Kier alpha value is -1.10. The molecule has 1 saturated carbocycles. The van der Waals surface area contributed by atoms with E-state index in [1.54, 1.807) is 0 Å². The maximum absolute atomic E-state index is 10.2. The van der Waals surface area contributed by atoms with E-state index in [1.807, 2.05) is 0 Å². The second-order valence-electron chi connectivity index (χ2n) is 2.49. The summed E-state index contributed by atoms with van der Waals surface area (Å²) < 4.78 is 0. The largest absolute Gasteiger partial charge is 0.387 e. The van der Waals surface area contributed by atoms with Crippen LogP contribution in [0, 0.1) is 0 Å². The number of hydrazone groups is 1. The van der Waals surface area contributed by atoms with E-state index in [9.17, 15) is 9.90 Å². The molecule has 5 heteroatoms. The molecule has 1 fully saturated rings. The zero-order valence-corrected chi connectivity index (χ0v) is 6.08. The Labute approximate surface area is 64.3 Å². The van der Waals surface area contributed by atoms with Gasteiger partial charge in [-0.1, -0.05) is 0 Å². The van der Waals surface area contributed by atoms with Gasteiger partial charge in [0.05, 0.1) is 11.8 Å². The molecule has 0 aromatic heterocycles. The lowest BCUT2D eigenvalue weighted by Gasteiger charge is -2.01. The van der Waals surface area contributed by atoms with E-state index in [-0.39, 0.29) is 0 Å². The molecular formula is C6H11N3O2. The summed E-state index contributed by atoms with van der Waals surface area (Å²) in [4.78, 5) is 10.2. The Morgan fingerprint density at radius 1 is 1.82 bits per heavy atom. The van der Waals surface area contributed by atoms with Crippen molar-refractivity contribution in [2.75, 3.05) is 0 Å². The van der Waals surface area contributed by atoms with Gasteiger partial charge in [0.1, 0.15) is 0 Å². The van der Waals surface area contributed by atoms with Gasteiger partial charge < -0.3 is 10.8 Å². The molecular weight excluding hydrogens is 146 g/mol. The van der Waals surface area contributed by atoms with E-state index in [1.165, 1.54) is 0 Å². The van der Waals surface area contributed by atoms with Crippen LogP contribution < -0.4 is 11.2 Å². The topological polar surface area (TPSA) is 87.7 Å². The van der Waals surface area contributed by atoms with Gasteiger partial charge in [-0.15, -0.1) is 0 Å². The highest BCUT2D eigenvalue weighted by Crippen LogP contribution is 2.14. The molecule has 0 saturated heterocycles. The van der Waals surface area contributed by atoms with Crippen LogP contribution in [0.5, 0.6) is 0 Å². The third-order valence-corrected chi connectivity index (χ3v) is 1.60. The molecule has 1 aliphatic carbocycles. The van der Waals surface area contributed by atoms with Crippen molar-refractivity contribution in [1.82, 2.24) is 5.43 Å². The maximum atomic E-state index is 10.2. The van der Waals surface area contributed by atoms with Gasteiger partial charge in [-0.3, -0.25) is 0 Å². The average molecular weight is 157 g/mol. The first-order valence-corrected chi connectivity index (χ1v) is 3.50. The van der Waals surface area contributed by atoms with Crippen LogP contribution in [-0.4, -0.2) is 23.0 Å². The first kappa shape index (κ1) is 8.00. The van der Waals surface area contributed by atoms with E-state index in [0.29, 0.717) is 5.71 Å². The molecule has 4 N–H and O–H groups in total. The summed E-state index contributed by atoms with van der Waals surface area (Å²) >= 11 is 0. The highest BCUT2D eigenvalue weighted by Gasteiger charge is 2.19. The van der Waals surface area contributed by atoms with E-state index >= 15 is 0 Å². The van der Waals surface area contributed by atoms with Crippen molar-refractivity contribution in [2.45, 2.75) is 25.4 Å². The van der Waals surface area contributed by atoms with Crippen LogP contribution in [0.2, 0.25) is 0 Å². The summed E-state index contributed by atoms with van der Waals surface area (Å²) in [6.45, 7) is 0. The van der Waals surface area contributed by atoms with Gasteiger partial charge in [-0.2, -0.15) is 5.10 Å². The predicted molar refractivity (Wildman–Crippen MR) is 40.0 cm³/mol. The number of nitrogens with one attached hydrogen (secondary N) is 1. The van der Waals surface area contributed by atoms with Crippen LogP contribution in [0.15, 0.2) is 5.10 Å². The summed E-state index contributed by atoms with van der Waals surface area (Å²) in [6.07, 6.45) is 1.88. The fraction of sp³-hybridized carbons (Fsp3) is 0.667. The van der Waals surface area contributed by atoms with Gasteiger partial charge in [-0.25, -0.2) is 10.2 Å². The molecule has 11 heavy (non-hydrogen) atoms. The van der Waals surface area contributed by atoms with Crippen LogP contribution in [-0.2, 0) is 0 Å². The molecule has 1 atom stereocenters. The lowest BCUT2D eigenvalue weighted by molar-refractivity contribution is 0.240. The van der Waals surface area contributed by atoms with Gasteiger partial charge in [0, 0.05) is 0 Å². The zero-order chi connectivity index (χ0) is 8.27. The van der Waals surface area contributed by atoms with Crippen LogP contribution in [0.1, 0.15) is 19.3 Å². The molecule has 0 aromatic carbocycles. The smallest absolute Gasteiger partial charge is 0.332 e. The SMILES string of the molecule is NC(=O)N/N=C1/CCCC1O. The number of urea groups is 1. The predicted octanol–water partition coefficient (Wildman–Crippen LogP) is -0.445. The molecule has 5 nitrogen and oxygen atoms in total. The maximum Gasteiger partial charge on any atom is 0.332 e. The summed E-state index contributed by atoms with van der Waals surface area (Å²) in [5, 5.41) is 12.8. The van der Waals surface area contributed by atoms with Crippen molar-refractivity contribution in [2.24, 2.45) is 10.8 Å². The van der Waals surface area contributed by atoms with Crippen LogP contribution in [0.4, 0.5) is 4.79 Å². The molecule has 2 amide bonds. The number of hydrogen-bond donors (Lipinski definition) is 3. The third kappa shape index (κ3) is 2.19. The molecule has 0 radical (unpaired) electrons. The second kappa shape index (κ2) is 3.34. The van der Waals surface area contributed by atoms with Gasteiger partial charge in [0.15, 0.2) is 0 Å². The van der Waals surface area contributed by atoms with E-state index < -0.39 is 12.1 Å². The lowest BCUT2D eigenvalue weighted by Crippen LogP contribution is -2.27. The third-order valence-electron chi connectivity index (χ3n) is 1.60. The fourth-order valence-corrected chi connectivity index (χ4v) is 1.07. The minimum atomic E-state index is -0.698. The van der Waals surface area contributed by atoms with Crippen molar-refractivity contribution in [1.29, 1.82) is 0 Å². The molecule has 0 aliphatic heterocycles. The Morgan fingerprint density at radius 3 is 3.00 bits per heavy atom. The van der Waals surface area contributed by atoms with E-state index in [0.717, 1.165) is 19.3 Å². The minimum Gasteiger partial charge on any atom is -0.387 e. The molecule has 1 aliphatic rings. The molecule has 0 heterocycles. The number of rotatable bonds is 1. The second-order valence-corrected chi connectivity index (χ2v) is 2.49. The minimum absolute atomic E-state index is 0.498. The van der Waals surface area contributed by atoms with Gasteiger partial charge in [0.2, 0.25) is 0 Å². The van der Waals surface area contributed by atoms with Crippen molar-refractivity contribution < 1.29 is 9.90 Å². The molecule has 1 unspecified atom stereocenters. The standard InChI is InChI=1S/C6H11N3O2/c7-6(11)9-8-4-2-1-3-5(4)10/h5,10H,1-3H2,(H3,7,9,11)/b8-4-. The normalized spacial score (nSPS) is 27.4. The van der Waals surface area contributed by atoms with Gasteiger partial charge in [-0.05, 0) is 19.3 Å². The van der Waals surface area contributed by atoms with Crippen molar-refractivity contribution in [3.05, 3.63) is 0 Å². The average Bonchev–Trinajstić information content (AvgIpc) is 2.31. The molecule has 0 aromatic rings. The Bertz CT molecular complexity index is 190. The van der Waals surface area contributed by atoms with Crippen molar-refractivity contribution >= 4 is 11.7 Å². The Morgan fingerprint density at radius 2 is 2.55 bits per heavy atom. The molecule has 0 bridgehead atoms. The number of nitrogens with zero attached hydrogens (tertiary/aromatic N) is 1. The van der Waals surface area contributed by atoms with E-state index in [4.69, 9.17) is 5.73 Å². The quantitative estimate of drug-likeness (QED) is 0.450. The zero-order valence-electron chi connectivity index (χ0n) is 6.08. The highest BCUT2D eigenvalue weighted by atomic mass is 16.3. The van der Waals surface area contributed by atoms with Gasteiger partial charge in [0.25, 0.3) is 0 Å². The number of carbonyl (C=O) groups is 1. The van der Waals surface area contributed by atoms with Crippen LogP contribution in [0.25, 0.3) is 0 Å². The highest BCUT2D eigenvalue weighted by molar-refractivity contribution is 5.91. The number of carbonyl (C=O) groups excluding carboxylic acids is 1. The molecule has 0 spiro atoms. The number of amides is 2. The number of aliphatic hydroxyl groups is 1.